The van der Waals surface area contributed by atoms with Crippen molar-refractivity contribution < 1.29 is 0 Å². The van der Waals surface area contributed by atoms with Crippen LogP contribution in [0.5, 0.6) is 0 Å². The Labute approximate surface area is 86.7 Å². The van der Waals surface area contributed by atoms with Crippen LogP contribution in [0.15, 0.2) is 6.20 Å². The summed E-state index contributed by atoms with van der Waals surface area (Å²) >= 11 is 0. The van der Waals surface area contributed by atoms with Gasteiger partial charge < -0.3 is 4.90 Å². The molecule has 0 radical (unpaired) electrons. The van der Waals surface area contributed by atoms with Crippen molar-refractivity contribution in [3.63, 3.8) is 0 Å². The molecule has 0 unspecified atom stereocenters. The third-order valence-corrected chi connectivity index (χ3v) is 2.31. The lowest BCUT2D eigenvalue weighted by Crippen LogP contribution is -2.12. The van der Waals surface area contributed by atoms with E-state index in [1.165, 1.54) is 5.56 Å². The van der Waals surface area contributed by atoms with E-state index in [1.807, 2.05) is 18.8 Å². The van der Waals surface area contributed by atoms with E-state index < -0.39 is 0 Å². The number of anilines is 1. The molecule has 0 aliphatic rings. The molecule has 0 aliphatic carbocycles. The summed E-state index contributed by atoms with van der Waals surface area (Å²) in [6.45, 7) is 8.70. The first-order valence-electron chi connectivity index (χ1n) is 5.19. The Kier molecular flexibility index (Phi) is 3.19. The lowest BCUT2D eigenvalue weighted by atomic mass is 10.1. The Morgan fingerprint density at radius 3 is 2.07 bits per heavy atom. The van der Waals surface area contributed by atoms with Crippen LogP contribution in [0.2, 0.25) is 0 Å². The predicted octanol–water partition coefficient (Wildman–Crippen LogP) is 2.65. The maximum atomic E-state index is 4.57. The second-order valence-corrected chi connectivity index (χ2v) is 4.53. The average molecular weight is 195 g/mol. The molecule has 0 fully saturated rings. The maximum absolute atomic E-state index is 4.57. The molecule has 1 aromatic heterocycles. The first kappa shape index (κ1) is 11.1. The van der Waals surface area contributed by atoms with E-state index in [1.54, 1.807) is 0 Å². The summed E-state index contributed by atoms with van der Waals surface area (Å²) in [5, 5.41) is 4.57. The van der Waals surface area contributed by atoms with E-state index in [0.717, 1.165) is 5.82 Å². The van der Waals surface area contributed by atoms with Crippen LogP contribution in [0.25, 0.3) is 0 Å². The highest BCUT2D eigenvalue weighted by Gasteiger charge is 2.14. The van der Waals surface area contributed by atoms with E-state index in [-0.39, 0.29) is 0 Å². The van der Waals surface area contributed by atoms with Gasteiger partial charge in [-0.2, -0.15) is 5.10 Å². The fourth-order valence-corrected chi connectivity index (χ4v) is 1.42. The molecule has 3 nitrogen and oxygen atoms in total. The van der Waals surface area contributed by atoms with Crippen LogP contribution in [0.1, 0.15) is 45.2 Å². The highest BCUT2D eigenvalue weighted by atomic mass is 15.3. The fraction of sp³-hybridized carbons (Fsp3) is 0.727. The standard InChI is InChI=1S/C11H21N3/c1-8(2)10-7-14(9(3)4)12-11(10)13(5)6/h7-9H,1-6H3. The lowest BCUT2D eigenvalue weighted by Gasteiger charge is -2.12. The monoisotopic (exact) mass is 195 g/mol. The highest BCUT2D eigenvalue weighted by molar-refractivity contribution is 5.46. The van der Waals surface area contributed by atoms with E-state index in [4.69, 9.17) is 0 Å². The topological polar surface area (TPSA) is 21.1 Å². The molecule has 0 saturated carbocycles. The molecule has 0 bridgehead atoms. The van der Waals surface area contributed by atoms with Gasteiger partial charge >= 0.3 is 0 Å². The SMILES string of the molecule is CC(C)c1cn(C(C)C)nc1N(C)C. The molecular weight excluding hydrogens is 174 g/mol. The second kappa shape index (κ2) is 4.03. The molecule has 0 saturated heterocycles. The number of hydrogen-bond donors (Lipinski definition) is 0. The van der Waals surface area contributed by atoms with Crippen molar-refractivity contribution in [3.8, 4) is 0 Å². The van der Waals surface area contributed by atoms with Gasteiger partial charge in [0.25, 0.3) is 0 Å². The predicted molar refractivity (Wildman–Crippen MR) is 61.0 cm³/mol. The van der Waals surface area contributed by atoms with Gasteiger partial charge in [-0.25, -0.2) is 0 Å². The first-order valence-corrected chi connectivity index (χ1v) is 5.19. The van der Waals surface area contributed by atoms with Gasteiger partial charge in [0.1, 0.15) is 0 Å². The largest absolute Gasteiger partial charge is 0.361 e. The zero-order valence-electron chi connectivity index (χ0n) is 10.1. The van der Waals surface area contributed by atoms with Crippen LogP contribution in [0.4, 0.5) is 5.82 Å². The molecule has 14 heavy (non-hydrogen) atoms. The third-order valence-electron chi connectivity index (χ3n) is 2.31. The zero-order valence-corrected chi connectivity index (χ0v) is 10.1. The minimum Gasteiger partial charge on any atom is -0.361 e. The highest BCUT2D eigenvalue weighted by Crippen LogP contribution is 2.25. The Morgan fingerprint density at radius 2 is 1.79 bits per heavy atom. The Morgan fingerprint density at radius 1 is 1.21 bits per heavy atom. The maximum Gasteiger partial charge on any atom is 0.153 e. The van der Waals surface area contributed by atoms with Crippen LogP contribution in [-0.4, -0.2) is 23.9 Å². The molecule has 0 spiro atoms. The van der Waals surface area contributed by atoms with Crippen LogP contribution >= 0.6 is 0 Å². The minimum absolute atomic E-state index is 0.432. The van der Waals surface area contributed by atoms with Gasteiger partial charge in [0.2, 0.25) is 0 Å². The molecule has 1 aromatic rings. The number of nitrogens with zero attached hydrogens (tertiary/aromatic N) is 3. The summed E-state index contributed by atoms with van der Waals surface area (Å²) in [4.78, 5) is 2.08. The van der Waals surface area contributed by atoms with Gasteiger partial charge in [-0.1, -0.05) is 13.8 Å². The third kappa shape index (κ3) is 2.08. The summed E-state index contributed by atoms with van der Waals surface area (Å²) in [5.41, 5.74) is 1.32. The summed E-state index contributed by atoms with van der Waals surface area (Å²) in [6, 6.07) is 0.432. The summed E-state index contributed by atoms with van der Waals surface area (Å²) in [5.74, 6) is 1.62. The fourth-order valence-electron chi connectivity index (χ4n) is 1.42. The van der Waals surface area contributed by atoms with E-state index in [2.05, 4.69) is 43.9 Å². The quantitative estimate of drug-likeness (QED) is 0.739. The number of aromatic nitrogens is 2. The Balaban J connectivity index is 3.12. The number of rotatable bonds is 3. The minimum atomic E-state index is 0.432. The molecule has 0 amide bonds. The lowest BCUT2D eigenvalue weighted by molar-refractivity contribution is 0.531. The van der Waals surface area contributed by atoms with Crippen LogP contribution in [0, 0.1) is 0 Å². The zero-order chi connectivity index (χ0) is 10.9. The molecule has 3 heteroatoms. The molecular formula is C11H21N3. The summed E-state index contributed by atoms with van der Waals surface area (Å²) < 4.78 is 2.03. The molecule has 0 atom stereocenters. The van der Waals surface area contributed by atoms with E-state index >= 15 is 0 Å². The van der Waals surface area contributed by atoms with Gasteiger partial charge in [-0.3, -0.25) is 4.68 Å². The van der Waals surface area contributed by atoms with Crippen molar-refractivity contribution >= 4 is 5.82 Å². The van der Waals surface area contributed by atoms with Crippen molar-refractivity contribution in [2.45, 2.75) is 39.7 Å². The van der Waals surface area contributed by atoms with Crippen molar-refractivity contribution in [2.75, 3.05) is 19.0 Å². The molecule has 1 heterocycles. The van der Waals surface area contributed by atoms with Crippen molar-refractivity contribution in [1.29, 1.82) is 0 Å². The van der Waals surface area contributed by atoms with Gasteiger partial charge in [0, 0.05) is 31.9 Å². The van der Waals surface area contributed by atoms with Gasteiger partial charge in [0.05, 0.1) is 0 Å². The molecule has 0 aromatic carbocycles. The van der Waals surface area contributed by atoms with Gasteiger partial charge in [-0.05, 0) is 19.8 Å². The summed E-state index contributed by atoms with van der Waals surface area (Å²) in [7, 11) is 4.08. The molecule has 0 aliphatic heterocycles. The van der Waals surface area contributed by atoms with Gasteiger partial charge in [0.15, 0.2) is 5.82 Å². The Bertz CT molecular complexity index is 272. The number of hydrogen-bond acceptors (Lipinski definition) is 2. The average Bonchev–Trinajstić information content (AvgIpc) is 2.47. The van der Waals surface area contributed by atoms with E-state index in [9.17, 15) is 0 Å². The van der Waals surface area contributed by atoms with E-state index in [0.29, 0.717) is 12.0 Å². The normalized spacial score (nSPS) is 11.4. The van der Waals surface area contributed by atoms with Crippen molar-refractivity contribution in [1.82, 2.24) is 9.78 Å². The van der Waals surface area contributed by atoms with Crippen molar-refractivity contribution in [2.24, 2.45) is 0 Å². The smallest absolute Gasteiger partial charge is 0.153 e. The molecule has 1 rings (SSSR count). The second-order valence-electron chi connectivity index (χ2n) is 4.53. The molecule has 0 N–H and O–H groups in total. The molecule has 80 valence electrons. The van der Waals surface area contributed by atoms with Crippen LogP contribution < -0.4 is 4.90 Å². The van der Waals surface area contributed by atoms with Crippen molar-refractivity contribution in [3.05, 3.63) is 11.8 Å². The summed E-state index contributed by atoms with van der Waals surface area (Å²) in [6.07, 6.45) is 2.16. The van der Waals surface area contributed by atoms with Crippen LogP contribution in [0.3, 0.4) is 0 Å². The van der Waals surface area contributed by atoms with Gasteiger partial charge in [-0.15, -0.1) is 0 Å². The Hall–Kier alpha value is -0.990. The van der Waals surface area contributed by atoms with Crippen LogP contribution in [-0.2, 0) is 0 Å². The first-order chi connectivity index (χ1) is 6.43.